The van der Waals surface area contributed by atoms with Crippen molar-refractivity contribution in [3.8, 4) is 0 Å². The molecule has 1 saturated heterocycles. The minimum absolute atomic E-state index is 0.662. The van der Waals surface area contributed by atoms with Crippen LogP contribution in [0.4, 0.5) is 0 Å². The zero-order valence-corrected chi connectivity index (χ0v) is 10.2. The van der Waals surface area contributed by atoms with Crippen LogP contribution in [0.3, 0.4) is 0 Å². The molecule has 3 heteroatoms. The van der Waals surface area contributed by atoms with Gasteiger partial charge in [-0.1, -0.05) is 13.3 Å². The van der Waals surface area contributed by atoms with Gasteiger partial charge >= 0.3 is 0 Å². The first-order valence-corrected chi connectivity index (χ1v) is 6.22. The van der Waals surface area contributed by atoms with Crippen LogP contribution in [0.15, 0.2) is 0 Å². The van der Waals surface area contributed by atoms with E-state index in [4.69, 9.17) is 10.5 Å². The van der Waals surface area contributed by atoms with Crippen molar-refractivity contribution in [3.05, 3.63) is 0 Å². The summed E-state index contributed by atoms with van der Waals surface area (Å²) in [6.07, 6.45) is 3.64. The Morgan fingerprint density at radius 3 is 2.60 bits per heavy atom. The Kier molecular flexibility index (Phi) is 6.22. The minimum Gasteiger partial charge on any atom is -0.381 e. The van der Waals surface area contributed by atoms with Crippen LogP contribution in [0, 0.1) is 11.8 Å². The molecule has 1 aliphatic rings. The molecule has 1 fully saturated rings. The highest BCUT2D eigenvalue weighted by Gasteiger charge is 2.16. The molecule has 0 aromatic carbocycles. The molecule has 0 aromatic heterocycles. The number of ether oxygens (including phenoxy) is 1. The van der Waals surface area contributed by atoms with Crippen molar-refractivity contribution in [3.63, 3.8) is 0 Å². The summed E-state index contributed by atoms with van der Waals surface area (Å²) >= 11 is 0. The number of nitrogens with zero attached hydrogens (tertiary/aromatic N) is 1. The average Bonchev–Trinajstić information content (AvgIpc) is 2.27. The minimum atomic E-state index is 0.662. The third-order valence-corrected chi connectivity index (χ3v) is 3.39. The summed E-state index contributed by atoms with van der Waals surface area (Å²) in [6.45, 7) is 7.29. The van der Waals surface area contributed by atoms with E-state index in [2.05, 4.69) is 18.9 Å². The van der Waals surface area contributed by atoms with Crippen molar-refractivity contribution >= 4 is 0 Å². The molecule has 3 nitrogen and oxygen atoms in total. The summed E-state index contributed by atoms with van der Waals surface area (Å²) in [5.41, 5.74) is 5.72. The Morgan fingerprint density at radius 1 is 1.40 bits per heavy atom. The van der Waals surface area contributed by atoms with Gasteiger partial charge in [0.15, 0.2) is 0 Å². The Balaban J connectivity index is 2.18. The van der Waals surface area contributed by atoms with Gasteiger partial charge in [0.1, 0.15) is 0 Å². The van der Waals surface area contributed by atoms with Gasteiger partial charge in [0.25, 0.3) is 0 Å². The van der Waals surface area contributed by atoms with Crippen molar-refractivity contribution in [2.24, 2.45) is 17.6 Å². The molecule has 0 aliphatic carbocycles. The van der Waals surface area contributed by atoms with E-state index in [9.17, 15) is 0 Å². The van der Waals surface area contributed by atoms with Crippen LogP contribution >= 0.6 is 0 Å². The van der Waals surface area contributed by atoms with Gasteiger partial charge in [-0.05, 0) is 38.3 Å². The van der Waals surface area contributed by atoms with Gasteiger partial charge in [-0.2, -0.15) is 0 Å². The molecule has 0 spiro atoms. The highest BCUT2D eigenvalue weighted by Crippen LogP contribution is 2.16. The molecule has 0 radical (unpaired) electrons. The molecule has 0 amide bonds. The fourth-order valence-electron chi connectivity index (χ4n) is 2.26. The third-order valence-electron chi connectivity index (χ3n) is 3.39. The SMILES string of the molecule is CCC(CN)CN(C)CC1CCOCC1. The molecule has 90 valence electrons. The average molecular weight is 214 g/mol. The topological polar surface area (TPSA) is 38.5 Å². The maximum absolute atomic E-state index is 5.72. The second-order valence-electron chi connectivity index (χ2n) is 4.79. The number of hydrogen-bond donors (Lipinski definition) is 1. The van der Waals surface area contributed by atoms with E-state index in [1.807, 2.05) is 0 Å². The van der Waals surface area contributed by atoms with Gasteiger partial charge in [0.05, 0.1) is 0 Å². The van der Waals surface area contributed by atoms with Crippen LogP contribution in [0.1, 0.15) is 26.2 Å². The van der Waals surface area contributed by atoms with Crippen molar-refractivity contribution < 1.29 is 4.74 Å². The fourth-order valence-corrected chi connectivity index (χ4v) is 2.26. The first-order valence-electron chi connectivity index (χ1n) is 6.22. The quantitative estimate of drug-likeness (QED) is 0.725. The standard InChI is InChI=1S/C12H26N2O/c1-3-11(8-13)9-14(2)10-12-4-6-15-7-5-12/h11-12H,3-10,13H2,1-2H3. The molecule has 15 heavy (non-hydrogen) atoms. The van der Waals surface area contributed by atoms with E-state index in [-0.39, 0.29) is 0 Å². The predicted octanol–water partition coefficient (Wildman–Crippen LogP) is 1.33. The largest absolute Gasteiger partial charge is 0.381 e. The summed E-state index contributed by atoms with van der Waals surface area (Å²) in [6, 6.07) is 0. The summed E-state index contributed by atoms with van der Waals surface area (Å²) in [5, 5.41) is 0. The van der Waals surface area contributed by atoms with Crippen LogP contribution in [-0.4, -0.2) is 44.8 Å². The molecule has 0 saturated carbocycles. The lowest BCUT2D eigenvalue weighted by Crippen LogP contribution is -2.35. The Bertz CT molecular complexity index is 154. The first-order chi connectivity index (χ1) is 7.26. The second kappa shape index (κ2) is 7.20. The van der Waals surface area contributed by atoms with E-state index >= 15 is 0 Å². The van der Waals surface area contributed by atoms with Gasteiger partial charge in [0, 0.05) is 26.3 Å². The summed E-state index contributed by atoms with van der Waals surface area (Å²) in [7, 11) is 2.22. The van der Waals surface area contributed by atoms with E-state index in [1.165, 1.54) is 25.8 Å². The lowest BCUT2D eigenvalue weighted by atomic mass is 9.99. The highest BCUT2D eigenvalue weighted by atomic mass is 16.5. The van der Waals surface area contributed by atoms with Crippen LogP contribution < -0.4 is 5.73 Å². The molecule has 2 N–H and O–H groups in total. The molecule has 1 unspecified atom stereocenters. The van der Waals surface area contributed by atoms with Crippen LogP contribution in [0.5, 0.6) is 0 Å². The summed E-state index contributed by atoms with van der Waals surface area (Å²) in [4.78, 5) is 2.44. The number of hydrogen-bond acceptors (Lipinski definition) is 3. The molecule has 1 heterocycles. The molecule has 1 atom stereocenters. The van der Waals surface area contributed by atoms with Gasteiger partial charge < -0.3 is 15.4 Å². The lowest BCUT2D eigenvalue weighted by molar-refractivity contribution is 0.0541. The van der Waals surface area contributed by atoms with E-state index < -0.39 is 0 Å². The van der Waals surface area contributed by atoms with Crippen LogP contribution in [-0.2, 0) is 4.74 Å². The summed E-state index contributed by atoms with van der Waals surface area (Å²) < 4.78 is 5.37. The maximum Gasteiger partial charge on any atom is 0.0469 e. The van der Waals surface area contributed by atoms with Crippen molar-refractivity contribution in [2.75, 3.05) is 39.9 Å². The van der Waals surface area contributed by atoms with Gasteiger partial charge in [-0.3, -0.25) is 0 Å². The summed E-state index contributed by atoms with van der Waals surface area (Å²) in [5.74, 6) is 1.49. The van der Waals surface area contributed by atoms with Crippen molar-refractivity contribution in [1.29, 1.82) is 0 Å². The van der Waals surface area contributed by atoms with Crippen molar-refractivity contribution in [1.82, 2.24) is 4.90 Å². The fraction of sp³-hybridized carbons (Fsp3) is 1.00. The first kappa shape index (κ1) is 12.9. The number of rotatable bonds is 6. The van der Waals surface area contributed by atoms with E-state index in [1.54, 1.807) is 0 Å². The number of nitrogens with two attached hydrogens (primary N) is 1. The van der Waals surface area contributed by atoms with E-state index in [0.29, 0.717) is 5.92 Å². The van der Waals surface area contributed by atoms with Crippen molar-refractivity contribution in [2.45, 2.75) is 26.2 Å². The second-order valence-corrected chi connectivity index (χ2v) is 4.79. The lowest BCUT2D eigenvalue weighted by Gasteiger charge is -2.29. The third kappa shape index (κ3) is 4.96. The zero-order valence-electron chi connectivity index (χ0n) is 10.2. The van der Waals surface area contributed by atoms with Gasteiger partial charge in [0.2, 0.25) is 0 Å². The Morgan fingerprint density at radius 2 is 2.07 bits per heavy atom. The Hall–Kier alpha value is -0.120. The molecular formula is C12H26N2O. The smallest absolute Gasteiger partial charge is 0.0469 e. The molecule has 0 aromatic rings. The molecule has 1 rings (SSSR count). The normalized spacial score (nSPS) is 20.8. The Labute approximate surface area is 94.0 Å². The van der Waals surface area contributed by atoms with E-state index in [0.717, 1.165) is 32.2 Å². The van der Waals surface area contributed by atoms with Gasteiger partial charge in [-0.25, -0.2) is 0 Å². The van der Waals surface area contributed by atoms with Crippen LogP contribution in [0.25, 0.3) is 0 Å². The monoisotopic (exact) mass is 214 g/mol. The predicted molar refractivity (Wildman–Crippen MR) is 63.9 cm³/mol. The van der Waals surface area contributed by atoms with Gasteiger partial charge in [-0.15, -0.1) is 0 Å². The highest BCUT2D eigenvalue weighted by molar-refractivity contribution is 4.69. The zero-order chi connectivity index (χ0) is 11.1. The maximum atomic E-state index is 5.72. The molecule has 0 bridgehead atoms. The van der Waals surface area contributed by atoms with Crippen LogP contribution in [0.2, 0.25) is 0 Å². The molecule has 1 aliphatic heterocycles. The molecular weight excluding hydrogens is 188 g/mol.